The number of halogens is 1. The molecule has 160 valence electrons. The van der Waals surface area contributed by atoms with Gasteiger partial charge in [0.15, 0.2) is 12.4 Å². The SMILES string of the molecule is O=C(CCSc1ccc(F)cc1)OCC(=O)c1ccc(S(=O)(=O)N2CCCC2)cc1. The Labute approximate surface area is 179 Å². The van der Waals surface area contributed by atoms with Crippen LogP contribution in [0.2, 0.25) is 0 Å². The van der Waals surface area contributed by atoms with Gasteiger partial charge in [0.25, 0.3) is 0 Å². The predicted molar refractivity (Wildman–Crippen MR) is 111 cm³/mol. The first kappa shape index (κ1) is 22.5. The van der Waals surface area contributed by atoms with Crippen LogP contribution in [0.3, 0.4) is 0 Å². The highest BCUT2D eigenvalue weighted by Gasteiger charge is 2.27. The molecule has 0 spiro atoms. The number of benzene rings is 2. The third-order valence-corrected chi connectivity index (χ3v) is 7.56. The summed E-state index contributed by atoms with van der Waals surface area (Å²) in [5.41, 5.74) is 0.281. The number of carbonyl (C=O) groups is 2. The Kier molecular flexibility index (Phi) is 7.63. The summed E-state index contributed by atoms with van der Waals surface area (Å²) < 4.78 is 44.3. The molecule has 1 fully saturated rings. The quantitative estimate of drug-likeness (QED) is 0.330. The summed E-state index contributed by atoms with van der Waals surface area (Å²) in [5, 5.41) is 0. The summed E-state index contributed by atoms with van der Waals surface area (Å²) >= 11 is 1.39. The maximum atomic E-state index is 12.9. The second kappa shape index (κ2) is 10.2. The van der Waals surface area contributed by atoms with E-state index in [0.717, 1.165) is 17.7 Å². The molecule has 0 bridgehead atoms. The molecule has 0 N–H and O–H groups in total. The Morgan fingerprint density at radius 2 is 1.63 bits per heavy atom. The zero-order chi connectivity index (χ0) is 21.6. The third-order valence-electron chi connectivity index (χ3n) is 4.63. The summed E-state index contributed by atoms with van der Waals surface area (Å²) in [6.07, 6.45) is 1.81. The number of Topliss-reactive ketones (excluding diaryl/α,β-unsaturated/α-hetero) is 1. The van der Waals surface area contributed by atoms with Gasteiger partial charge in [0.05, 0.1) is 11.3 Å². The number of hydrogen-bond acceptors (Lipinski definition) is 6. The first-order chi connectivity index (χ1) is 14.4. The Hall–Kier alpha value is -2.23. The summed E-state index contributed by atoms with van der Waals surface area (Å²) in [7, 11) is -3.53. The van der Waals surface area contributed by atoms with Gasteiger partial charge in [0.1, 0.15) is 5.82 Å². The maximum absolute atomic E-state index is 12.9. The van der Waals surface area contributed by atoms with Crippen molar-refractivity contribution in [2.45, 2.75) is 29.1 Å². The zero-order valence-electron chi connectivity index (χ0n) is 16.3. The Morgan fingerprint density at radius 1 is 1.00 bits per heavy atom. The van der Waals surface area contributed by atoms with Gasteiger partial charge in [-0.25, -0.2) is 12.8 Å². The number of carbonyl (C=O) groups excluding carboxylic acids is 2. The molecule has 0 amide bonds. The highest BCUT2D eigenvalue weighted by atomic mass is 32.2. The summed E-state index contributed by atoms with van der Waals surface area (Å²) in [6, 6.07) is 11.6. The van der Waals surface area contributed by atoms with Gasteiger partial charge in [0, 0.05) is 29.3 Å². The largest absolute Gasteiger partial charge is 0.457 e. The van der Waals surface area contributed by atoms with E-state index in [1.807, 2.05) is 0 Å². The van der Waals surface area contributed by atoms with Crippen molar-refractivity contribution in [2.24, 2.45) is 0 Å². The molecule has 9 heteroatoms. The molecule has 0 radical (unpaired) electrons. The lowest BCUT2D eigenvalue weighted by atomic mass is 10.1. The van der Waals surface area contributed by atoms with E-state index in [0.29, 0.717) is 18.8 Å². The molecule has 0 aliphatic carbocycles. The highest BCUT2D eigenvalue weighted by molar-refractivity contribution is 7.99. The number of hydrogen-bond donors (Lipinski definition) is 0. The van der Waals surface area contributed by atoms with Crippen molar-refractivity contribution < 1.29 is 27.1 Å². The number of ketones is 1. The van der Waals surface area contributed by atoms with Crippen LogP contribution in [0.1, 0.15) is 29.6 Å². The molecular weight excluding hydrogens is 429 g/mol. The van der Waals surface area contributed by atoms with Crippen molar-refractivity contribution in [2.75, 3.05) is 25.4 Å². The molecule has 0 aromatic heterocycles. The molecule has 0 atom stereocenters. The number of esters is 1. The van der Waals surface area contributed by atoms with E-state index in [1.165, 1.54) is 52.5 Å². The number of thioether (sulfide) groups is 1. The van der Waals surface area contributed by atoms with Gasteiger partial charge in [-0.3, -0.25) is 9.59 Å². The van der Waals surface area contributed by atoms with Crippen LogP contribution in [-0.4, -0.2) is 49.9 Å². The summed E-state index contributed by atoms with van der Waals surface area (Å²) in [4.78, 5) is 25.0. The fourth-order valence-corrected chi connectivity index (χ4v) is 5.32. The lowest BCUT2D eigenvalue weighted by Crippen LogP contribution is -2.27. The minimum atomic E-state index is -3.53. The van der Waals surface area contributed by atoms with Gasteiger partial charge < -0.3 is 4.74 Å². The fraction of sp³-hybridized carbons (Fsp3) is 0.333. The standard InChI is InChI=1S/C21H22FNO5S2/c22-17-5-7-18(8-6-17)29-14-11-21(25)28-15-20(24)16-3-9-19(10-4-16)30(26,27)23-12-1-2-13-23/h3-10H,1-2,11-15H2. The minimum Gasteiger partial charge on any atom is -0.457 e. The van der Waals surface area contributed by atoms with Crippen LogP contribution < -0.4 is 0 Å². The van der Waals surface area contributed by atoms with Crippen LogP contribution in [0.15, 0.2) is 58.3 Å². The molecular formula is C21H22FNO5S2. The summed E-state index contributed by atoms with van der Waals surface area (Å²) in [6.45, 7) is 0.620. The molecule has 1 saturated heterocycles. The van der Waals surface area contributed by atoms with Gasteiger partial charge in [0.2, 0.25) is 10.0 Å². The van der Waals surface area contributed by atoms with Crippen molar-refractivity contribution in [1.82, 2.24) is 4.31 Å². The zero-order valence-corrected chi connectivity index (χ0v) is 17.9. The van der Waals surface area contributed by atoms with Crippen molar-refractivity contribution in [1.29, 1.82) is 0 Å². The number of ether oxygens (including phenoxy) is 1. The van der Waals surface area contributed by atoms with E-state index in [1.54, 1.807) is 12.1 Å². The molecule has 0 saturated carbocycles. The Bertz CT molecular complexity index is 985. The van der Waals surface area contributed by atoms with E-state index >= 15 is 0 Å². The average molecular weight is 452 g/mol. The minimum absolute atomic E-state index is 0.113. The van der Waals surface area contributed by atoms with Gasteiger partial charge in [-0.15, -0.1) is 11.8 Å². The smallest absolute Gasteiger partial charge is 0.307 e. The molecule has 0 unspecified atom stereocenters. The molecule has 2 aromatic carbocycles. The molecule has 6 nitrogen and oxygen atoms in total. The number of sulfonamides is 1. The Morgan fingerprint density at radius 3 is 2.27 bits per heavy atom. The number of rotatable bonds is 9. The topological polar surface area (TPSA) is 80.8 Å². The summed E-state index contributed by atoms with van der Waals surface area (Å²) in [5.74, 6) is -0.786. The van der Waals surface area contributed by atoms with Crippen molar-refractivity contribution in [3.05, 3.63) is 59.9 Å². The molecule has 30 heavy (non-hydrogen) atoms. The molecule has 3 rings (SSSR count). The predicted octanol–water partition coefficient (Wildman–Crippen LogP) is 3.52. The second-order valence-electron chi connectivity index (χ2n) is 6.77. The lowest BCUT2D eigenvalue weighted by molar-refractivity contribution is -0.141. The molecule has 2 aromatic rings. The van der Waals surface area contributed by atoms with Crippen LogP contribution >= 0.6 is 11.8 Å². The van der Waals surface area contributed by atoms with E-state index in [4.69, 9.17) is 4.74 Å². The van der Waals surface area contributed by atoms with Crippen LogP contribution in [0, 0.1) is 5.82 Å². The number of nitrogens with zero attached hydrogens (tertiary/aromatic N) is 1. The maximum Gasteiger partial charge on any atom is 0.307 e. The van der Waals surface area contributed by atoms with E-state index < -0.39 is 28.4 Å². The van der Waals surface area contributed by atoms with Gasteiger partial charge >= 0.3 is 5.97 Å². The highest BCUT2D eigenvalue weighted by Crippen LogP contribution is 2.21. The Balaban J connectivity index is 1.45. The molecule has 1 aliphatic heterocycles. The van der Waals surface area contributed by atoms with Crippen LogP contribution in [0.4, 0.5) is 4.39 Å². The first-order valence-corrected chi connectivity index (χ1v) is 12.0. The van der Waals surface area contributed by atoms with Gasteiger partial charge in [-0.1, -0.05) is 0 Å². The van der Waals surface area contributed by atoms with Crippen molar-refractivity contribution in [3.8, 4) is 0 Å². The lowest BCUT2D eigenvalue weighted by Gasteiger charge is -2.15. The van der Waals surface area contributed by atoms with Crippen molar-refractivity contribution in [3.63, 3.8) is 0 Å². The van der Waals surface area contributed by atoms with E-state index in [-0.39, 0.29) is 22.7 Å². The van der Waals surface area contributed by atoms with Crippen molar-refractivity contribution >= 4 is 33.5 Å². The molecule has 1 heterocycles. The fourth-order valence-electron chi connectivity index (χ4n) is 2.97. The van der Waals surface area contributed by atoms with E-state index in [2.05, 4.69) is 0 Å². The van der Waals surface area contributed by atoms with E-state index in [9.17, 15) is 22.4 Å². The average Bonchev–Trinajstić information content (AvgIpc) is 3.29. The van der Waals surface area contributed by atoms with Crippen LogP contribution in [0.25, 0.3) is 0 Å². The van der Waals surface area contributed by atoms with Gasteiger partial charge in [-0.2, -0.15) is 4.31 Å². The third kappa shape index (κ3) is 5.90. The molecule has 1 aliphatic rings. The van der Waals surface area contributed by atoms with Crippen LogP contribution in [-0.2, 0) is 19.6 Å². The van der Waals surface area contributed by atoms with Crippen LogP contribution in [0.5, 0.6) is 0 Å². The first-order valence-electron chi connectivity index (χ1n) is 9.54. The second-order valence-corrected chi connectivity index (χ2v) is 9.88. The monoisotopic (exact) mass is 451 g/mol. The normalized spacial score (nSPS) is 14.6. The van der Waals surface area contributed by atoms with Gasteiger partial charge in [-0.05, 0) is 61.4 Å².